The zero-order valence-electron chi connectivity index (χ0n) is 11.5. The zero-order chi connectivity index (χ0) is 14.7. The summed E-state index contributed by atoms with van der Waals surface area (Å²) in [5.74, 6) is 0.240. The van der Waals surface area contributed by atoms with Gasteiger partial charge in [0.05, 0.1) is 19.1 Å². The van der Waals surface area contributed by atoms with E-state index in [-0.39, 0.29) is 17.9 Å². The molecule has 0 saturated carbocycles. The van der Waals surface area contributed by atoms with E-state index >= 15 is 0 Å². The Hall–Kier alpha value is -2.32. The van der Waals surface area contributed by atoms with Crippen molar-refractivity contribution in [3.8, 4) is 11.4 Å². The Kier molecular flexibility index (Phi) is 3.89. The van der Waals surface area contributed by atoms with Gasteiger partial charge in [-0.2, -0.15) is 5.21 Å². The largest absolute Gasteiger partial charge is 0.379 e. The van der Waals surface area contributed by atoms with E-state index in [0.29, 0.717) is 24.7 Å². The third-order valence-corrected chi connectivity index (χ3v) is 3.52. The summed E-state index contributed by atoms with van der Waals surface area (Å²) in [6, 6.07) is 7.38. The molecule has 1 aromatic carbocycles. The van der Waals surface area contributed by atoms with E-state index in [1.165, 1.54) is 0 Å². The summed E-state index contributed by atoms with van der Waals surface area (Å²) in [5.41, 5.74) is 1.48. The molecule has 1 aliphatic rings. The van der Waals surface area contributed by atoms with Crippen LogP contribution >= 0.6 is 0 Å². The molecule has 0 bridgehead atoms. The van der Waals surface area contributed by atoms with Crippen molar-refractivity contribution in [3.05, 3.63) is 24.3 Å². The minimum absolute atomic E-state index is 0.0467. The van der Waals surface area contributed by atoms with E-state index in [4.69, 9.17) is 4.74 Å². The van der Waals surface area contributed by atoms with Crippen molar-refractivity contribution in [2.24, 2.45) is 5.92 Å². The molecule has 0 aliphatic carbocycles. The Morgan fingerprint density at radius 1 is 1.43 bits per heavy atom. The molecule has 1 amide bonds. The van der Waals surface area contributed by atoms with Crippen molar-refractivity contribution in [1.29, 1.82) is 0 Å². The summed E-state index contributed by atoms with van der Waals surface area (Å²) in [6.07, 6.45) is 0. The summed E-state index contributed by atoms with van der Waals surface area (Å²) in [5, 5.41) is 19.8. The fraction of sp³-hybridized carbons (Fsp3) is 0.385. The molecule has 2 unspecified atom stereocenters. The molecule has 1 aliphatic heterocycles. The van der Waals surface area contributed by atoms with Crippen LogP contribution < -0.4 is 10.6 Å². The van der Waals surface area contributed by atoms with Crippen LogP contribution in [0.4, 0.5) is 5.69 Å². The summed E-state index contributed by atoms with van der Waals surface area (Å²) >= 11 is 0. The highest BCUT2D eigenvalue weighted by Gasteiger charge is 2.32. The molecule has 1 aromatic heterocycles. The van der Waals surface area contributed by atoms with Crippen LogP contribution in [0, 0.1) is 5.92 Å². The van der Waals surface area contributed by atoms with E-state index < -0.39 is 0 Å². The van der Waals surface area contributed by atoms with Gasteiger partial charge < -0.3 is 15.4 Å². The number of H-pyrrole nitrogens is 1. The first-order chi connectivity index (χ1) is 10.3. The minimum atomic E-state index is -0.191. The number of aromatic nitrogens is 4. The third-order valence-electron chi connectivity index (χ3n) is 3.52. The Bertz CT molecular complexity index is 615. The first-order valence-corrected chi connectivity index (χ1v) is 6.67. The number of anilines is 1. The van der Waals surface area contributed by atoms with Gasteiger partial charge in [0.25, 0.3) is 0 Å². The SMILES string of the molecule is CNC1COCC1C(=O)Nc1cccc(-c2nn[nH]n2)c1. The number of hydrogen-bond donors (Lipinski definition) is 3. The number of benzene rings is 1. The third kappa shape index (κ3) is 2.91. The average Bonchev–Trinajstić information content (AvgIpc) is 3.18. The van der Waals surface area contributed by atoms with Crippen molar-refractivity contribution in [3.63, 3.8) is 0 Å². The number of nitrogens with one attached hydrogen (secondary N) is 3. The van der Waals surface area contributed by atoms with Gasteiger partial charge in [-0.3, -0.25) is 4.79 Å². The summed E-state index contributed by atoms with van der Waals surface area (Å²) in [7, 11) is 1.83. The second kappa shape index (κ2) is 5.98. The van der Waals surface area contributed by atoms with Gasteiger partial charge in [-0.05, 0) is 24.4 Å². The van der Waals surface area contributed by atoms with E-state index in [0.717, 1.165) is 5.56 Å². The number of tetrazole rings is 1. The molecule has 1 fully saturated rings. The number of carbonyl (C=O) groups is 1. The number of ether oxygens (including phenoxy) is 1. The van der Waals surface area contributed by atoms with Crippen LogP contribution in [0.3, 0.4) is 0 Å². The highest BCUT2D eigenvalue weighted by Crippen LogP contribution is 2.20. The maximum atomic E-state index is 12.3. The summed E-state index contributed by atoms with van der Waals surface area (Å²) in [6.45, 7) is 0.985. The number of carbonyl (C=O) groups excluding carboxylic acids is 1. The number of aromatic amines is 1. The zero-order valence-corrected chi connectivity index (χ0v) is 11.5. The van der Waals surface area contributed by atoms with Crippen LogP contribution in [0.1, 0.15) is 0 Å². The van der Waals surface area contributed by atoms with Gasteiger partial charge in [0.2, 0.25) is 11.7 Å². The number of hydrogen-bond acceptors (Lipinski definition) is 6. The molecule has 2 atom stereocenters. The quantitative estimate of drug-likeness (QED) is 0.733. The lowest BCUT2D eigenvalue weighted by Gasteiger charge is -2.16. The lowest BCUT2D eigenvalue weighted by Crippen LogP contribution is -2.39. The predicted octanol–water partition coefficient (Wildman–Crippen LogP) is 0.0396. The number of nitrogens with zero attached hydrogens (tertiary/aromatic N) is 3. The molecule has 3 rings (SSSR count). The van der Waals surface area contributed by atoms with Crippen LogP contribution in [-0.4, -0.2) is 52.8 Å². The molecule has 21 heavy (non-hydrogen) atoms. The molecule has 3 N–H and O–H groups in total. The smallest absolute Gasteiger partial charge is 0.231 e. The van der Waals surface area contributed by atoms with E-state index in [1.807, 2.05) is 31.3 Å². The van der Waals surface area contributed by atoms with Crippen molar-refractivity contribution < 1.29 is 9.53 Å². The monoisotopic (exact) mass is 288 g/mol. The standard InChI is InChI=1S/C13H16N6O2/c1-14-11-7-21-6-10(11)13(20)15-9-4-2-3-8(5-9)12-16-18-19-17-12/h2-5,10-11,14H,6-7H2,1H3,(H,15,20)(H,16,17,18,19). The first-order valence-electron chi connectivity index (χ1n) is 6.67. The highest BCUT2D eigenvalue weighted by molar-refractivity contribution is 5.93. The number of amides is 1. The maximum Gasteiger partial charge on any atom is 0.231 e. The predicted molar refractivity (Wildman–Crippen MR) is 75.4 cm³/mol. The van der Waals surface area contributed by atoms with Gasteiger partial charge in [0.15, 0.2) is 0 Å². The van der Waals surface area contributed by atoms with Crippen LogP contribution in [-0.2, 0) is 9.53 Å². The lowest BCUT2D eigenvalue weighted by atomic mass is 10.0. The van der Waals surface area contributed by atoms with E-state index in [1.54, 1.807) is 0 Å². The summed E-state index contributed by atoms with van der Waals surface area (Å²) < 4.78 is 5.35. The van der Waals surface area contributed by atoms with Gasteiger partial charge in [-0.15, -0.1) is 10.2 Å². The van der Waals surface area contributed by atoms with Gasteiger partial charge >= 0.3 is 0 Å². The van der Waals surface area contributed by atoms with E-state index in [9.17, 15) is 4.79 Å². The molecule has 1 saturated heterocycles. The Morgan fingerprint density at radius 2 is 2.33 bits per heavy atom. The van der Waals surface area contributed by atoms with Gasteiger partial charge in [0, 0.05) is 17.3 Å². The van der Waals surface area contributed by atoms with Gasteiger partial charge in [-0.25, -0.2) is 0 Å². The maximum absolute atomic E-state index is 12.3. The van der Waals surface area contributed by atoms with Crippen molar-refractivity contribution >= 4 is 11.6 Å². The Morgan fingerprint density at radius 3 is 3.10 bits per heavy atom. The first kappa shape index (κ1) is 13.7. The van der Waals surface area contributed by atoms with Crippen molar-refractivity contribution in [1.82, 2.24) is 25.9 Å². The fourth-order valence-electron chi connectivity index (χ4n) is 2.35. The van der Waals surface area contributed by atoms with E-state index in [2.05, 4.69) is 31.3 Å². The highest BCUT2D eigenvalue weighted by atomic mass is 16.5. The second-order valence-electron chi connectivity index (χ2n) is 4.84. The molecule has 0 radical (unpaired) electrons. The van der Waals surface area contributed by atoms with Gasteiger partial charge in [-0.1, -0.05) is 12.1 Å². The number of likely N-dealkylation sites (N-methyl/N-ethyl adjacent to an activating group) is 1. The van der Waals surface area contributed by atoms with Crippen LogP contribution in [0.25, 0.3) is 11.4 Å². The lowest BCUT2D eigenvalue weighted by molar-refractivity contribution is -0.120. The molecule has 8 heteroatoms. The molecule has 0 spiro atoms. The minimum Gasteiger partial charge on any atom is -0.379 e. The molecule has 110 valence electrons. The molecule has 2 heterocycles. The topological polar surface area (TPSA) is 105 Å². The molecular formula is C13H16N6O2. The summed E-state index contributed by atoms with van der Waals surface area (Å²) in [4.78, 5) is 12.3. The Balaban J connectivity index is 1.73. The van der Waals surface area contributed by atoms with Crippen LogP contribution in [0.5, 0.6) is 0 Å². The molecule has 2 aromatic rings. The average molecular weight is 288 g/mol. The fourth-order valence-corrected chi connectivity index (χ4v) is 2.35. The van der Waals surface area contributed by atoms with Crippen molar-refractivity contribution in [2.45, 2.75) is 6.04 Å². The van der Waals surface area contributed by atoms with Crippen molar-refractivity contribution in [2.75, 3.05) is 25.6 Å². The number of rotatable bonds is 4. The molecular weight excluding hydrogens is 272 g/mol. The molecule has 8 nitrogen and oxygen atoms in total. The van der Waals surface area contributed by atoms with Crippen LogP contribution in [0.15, 0.2) is 24.3 Å². The normalized spacial score (nSPS) is 21.4. The van der Waals surface area contributed by atoms with Gasteiger partial charge in [0.1, 0.15) is 0 Å². The Labute approximate surface area is 121 Å². The van der Waals surface area contributed by atoms with Crippen LogP contribution in [0.2, 0.25) is 0 Å². The second-order valence-corrected chi connectivity index (χ2v) is 4.84.